The lowest BCUT2D eigenvalue weighted by Gasteiger charge is -2.08. The summed E-state index contributed by atoms with van der Waals surface area (Å²) < 4.78 is 6.56. The standard InChI is InChI=1S/C13H17BrClNO.C2H2O4/c1-2-7-16-8-3-4-9-17-13-6-5-11(14)10-12(13)15;3-1(4)2(5)6/h2,5-6,10,16H,1,3-4,7-9H2;(H,3,4)(H,5,6). The summed E-state index contributed by atoms with van der Waals surface area (Å²) in [6.07, 6.45) is 3.95. The van der Waals surface area contributed by atoms with Crippen LogP contribution in [0, 0.1) is 0 Å². The second kappa shape index (κ2) is 12.9. The van der Waals surface area contributed by atoms with Gasteiger partial charge in [-0.1, -0.05) is 33.6 Å². The van der Waals surface area contributed by atoms with Crippen molar-refractivity contribution in [2.24, 2.45) is 0 Å². The van der Waals surface area contributed by atoms with Gasteiger partial charge in [-0.3, -0.25) is 0 Å². The van der Waals surface area contributed by atoms with Crippen molar-refractivity contribution in [2.75, 3.05) is 19.7 Å². The van der Waals surface area contributed by atoms with Crippen LogP contribution in [0.4, 0.5) is 0 Å². The average molecular weight is 409 g/mol. The molecular formula is C15H19BrClNO5. The number of carboxylic acid groups (broad SMARTS) is 2. The van der Waals surface area contributed by atoms with Gasteiger partial charge >= 0.3 is 11.9 Å². The number of hydrogen-bond acceptors (Lipinski definition) is 4. The fourth-order valence-electron chi connectivity index (χ4n) is 1.33. The number of carbonyl (C=O) groups is 2. The minimum absolute atomic E-state index is 0.643. The number of unbranched alkanes of at least 4 members (excludes halogenated alkanes) is 1. The molecule has 0 bridgehead atoms. The van der Waals surface area contributed by atoms with E-state index in [4.69, 9.17) is 36.1 Å². The molecule has 0 aliphatic carbocycles. The topological polar surface area (TPSA) is 95.9 Å². The van der Waals surface area contributed by atoms with Crippen molar-refractivity contribution < 1.29 is 24.5 Å². The lowest BCUT2D eigenvalue weighted by molar-refractivity contribution is -0.159. The highest BCUT2D eigenvalue weighted by atomic mass is 79.9. The van der Waals surface area contributed by atoms with Crippen molar-refractivity contribution in [3.05, 3.63) is 40.3 Å². The van der Waals surface area contributed by atoms with Crippen LogP contribution in [0.15, 0.2) is 35.3 Å². The fraction of sp³-hybridized carbons (Fsp3) is 0.333. The van der Waals surface area contributed by atoms with Crippen molar-refractivity contribution >= 4 is 39.5 Å². The van der Waals surface area contributed by atoms with Crippen molar-refractivity contribution in [1.82, 2.24) is 5.32 Å². The van der Waals surface area contributed by atoms with Gasteiger partial charge in [0.15, 0.2) is 0 Å². The van der Waals surface area contributed by atoms with Crippen LogP contribution in [0.5, 0.6) is 5.75 Å². The first-order chi connectivity index (χ1) is 10.9. The number of halogens is 2. The van der Waals surface area contributed by atoms with E-state index in [1.54, 1.807) is 0 Å². The van der Waals surface area contributed by atoms with Gasteiger partial charge in [-0.05, 0) is 37.6 Å². The molecule has 1 aromatic carbocycles. The SMILES string of the molecule is C=CCNCCCCOc1ccc(Br)cc1Cl.O=C(O)C(=O)O. The van der Waals surface area contributed by atoms with Gasteiger partial charge in [0.1, 0.15) is 5.75 Å². The third-order valence-electron chi connectivity index (χ3n) is 2.37. The van der Waals surface area contributed by atoms with Gasteiger partial charge in [0.05, 0.1) is 11.6 Å². The molecule has 0 fully saturated rings. The number of ether oxygens (including phenoxy) is 1. The van der Waals surface area contributed by atoms with Crippen LogP contribution in [0.25, 0.3) is 0 Å². The third-order valence-corrected chi connectivity index (χ3v) is 3.16. The van der Waals surface area contributed by atoms with Crippen molar-refractivity contribution in [1.29, 1.82) is 0 Å². The largest absolute Gasteiger partial charge is 0.492 e. The molecule has 8 heteroatoms. The predicted molar refractivity (Wildman–Crippen MR) is 92.2 cm³/mol. The first kappa shape index (κ1) is 21.4. The Bertz CT molecular complexity index is 513. The van der Waals surface area contributed by atoms with E-state index in [1.807, 2.05) is 24.3 Å². The predicted octanol–water partition coefficient (Wildman–Crippen LogP) is 3.19. The molecule has 0 unspecified atom stereocenters. The maximum atomic E-state index is 9.10. The van der Waals surface area contributed by atoms with Crippen LogP contribution in [0.1, 0.15) is 12.8 Å². The zero-order valence-electron chi connectivity index (χ0n) is 12.4. The summed E-state index contributed by atoms with van der Waals surface area (Å²) in [7, 11) is 0. The number of hydrogen-bond donors (Lipinski definition) is 3. The van der Waals surface area contributed by atoms with Crippen LogP contribution >= 0.6 is 27.5 Å². The van der Waals surface area contributed by atoms with Crippen LogP contribution in [0.3, 0.4) is 0 Å². The molecule has 0 saturated carbocycles. The smallest absolute Gasteiger partial charge is 0.414 e. The van der Waals surface area contributed by atoms with Gasteiger partial charge in [0.2, 0.25) is 0 Å². The van der Waals surface area contributed by atoms with E-state index in [2.05, 4.69) is 27.8 Å². The highest BCUT2D eigenvalue weighted by Crippen LogP contribution is 2.27. The zero-order chi connectivity index (χ0) is 17.7. The fourth-order valence-corrected chi connectivity index (χ4v) is 2.06. The van der Waals surface area contributed by atoms with Gasteiger partial charge in [-0.15, -0.1) is 6.58 Å². The van der Waals surface area contributed by atoms with E-state index in [9.17, 15) is 0 Å². The Kier molecular flexibility index (Phi) is 12.0. The molecule has 0 aliphatic rings. The van der Waals surface area contributed by atoms with Crippen LogP contribution in [-0.4, -0.2) is 41.8 Å². The quantitative estimate of drug-likeness (QED) is 0.347. The first-order valence-corrected chi connectivity index (χ1v) is 7.91. The van der Waals surface area contributed by atoms with Crippen LogP contribution in [-0.2, 0) is 9.59 Å². The van der Waals surface area contributed by atoms with Gasteiger partial charge in [0.25, 0.3) is 0 Å². The minimum atomic E-state index is -1.82. The molecule has 0 radical (unpaired) electrons. The Morgan fingerprint density at radius 3 is 2.48 bits per heavy atom. The molecule has 128 valence electrons. The van der Waals surface area contributed by atoms with Crippen LogP contribution in [0.2, 0.25) is 5.02 Å². The monoisotopic (exact) mass is 407 g/mol. The van der Waals surface area contributed by atoms with Gasteiger partial charge in [-0.25, -0.2) is 9.59 Å². The number of rotatable bonds is 8. The molecule has 0 aromatic heterocycles. The second-order valence-electron chi connectivity index (χ2n) is 4.23. The molecule has 0 spiro atoms. The highest BCUT2D eigenvalue weighted by Gasteiger charge is 2.04. The molecule has 0 amide bonds. The van der Waals surface area contributed by atoms with Gasteiger partial charge in [-0.2, -0.15) is 0 Å². The maximum Gasteiger partial charge on any atom is 0.414 e. The Morgan fingerprint density at radius 2 is 1.96 bits per heavy atom. The summed E-state index contributed by atoms with van der Waals surface area (Å²) in [5, 5.41) is 18.7. The van der Waals surface area contributed by atoms with E-state index in [0.29, 0.717) is 11.6 Å². The molecule has 3 N–H and O–H groups in total. The van der Waals surface area contributed by atoms with Crippen molar-refractivity contribution in [3.63, 3.8) is 0 Å². The summed E-state index contributed by atoms with van der Waals surface area (Å²) in [5.41, 5.74) is 0. The number of aliphatic carboxylic acids is 2. The summed E-state index contributed by atoms with van der Waals surface area (Å²) in [6, 6.07) is 5.64. The molecule has 0 saturated heterocycles. The van der Waals surface area contributed by atoms with Crippen LogP contribution < -0.4 is 10.1 Å². The third kappa shape index (κ3) is 11.6. The van der Waals surface area contributed by atoms with E-state index in [0.717, 1.165) is 36.2 Å². The Labute approximate surface area is 148 Å². The first-order valence-electron chi connectivity index (χ1n) is 6.74. The van der Waals surface area contributed by atoms with E-state index in [-0.39, 0.29) is 0 Å². The summed E-state index contributed by atoms with van der Waals surface area (Å²) in [6.45, 7) is 6.19. The molecule has 1 rings (SSSR count). The molecule has 0 atom stereocenters. The van der Waals surface area contributed by atoms with Gasteiger partial charge < -0.3 is 20.3 Å². The summed E-state index contributed by atoms with van der Waals surface area (Å²) in [4.78, 5) is 18.2. The lowest BCUT2D eigenvalue weighted by Crippen LogP contribution is -2.15. The Balaban J connectivity index is 0.000000688. The Hall–Kier alpha value is -1.57. The van der Waals surface area contributed by atoms with E-state index in [1.165, 1.54) is 0 Å². The van der Waals surface area contributed by atoms with Crippen molar-refractivity contribution in [2.45, 2.75) is 12.8 Å². The molecule has 6 nitrogen and oxygen atoms in total. The molecule has 0 heterocycles. The maximum absolute atomic E-state index is 9.10. The molecular weight excluding hydrogens is 390 g/mol. The molecule has 0 aliphatic heterocycles. The normalized spacial score (nSPS) is 9.48. The number of benzene rings is 1. The second-order valence-corrected chi connectivity index (χ2v) is 5.56. The molecule has 23 heavy (non-hydrogen) atoms. The lowest BCUT2D eigenvalue weighted by atomic mass is 10.3. The molecule has 1 aromatic rings. The zero-order valence-corrected chi connectivity index (χ0v) is 14.8. The summed E-state index contributed by atoms with van der Waals surface area (Å²) in [5.74, 6) is -2.90. The van der Waals surface area contributed by atoms with Gasteiger partial charge in [0, 0.05) is 11.0 Å². The minimum Gasteiger partial charge on any atom is -0.492 e. The highest BCUT2D eigenvalue weighted by molar-refractivity contribution is 9.10. The average Bonchev–Trinajstić information content (AvgIpc) is 2.48. The van der Waals surface area contributed by atoms with Crippen molar-refractivity contribution in [3.8, 4) is 5.75 Å². The van der Waals surface area contributed by atoms with E-state index < -0.39 is 11.9 Å². The number of carboxylic acids is 2. The number of nitrogens with one attached hydrogen (secondary N) is 1. The Morgan fingerprint density at radius 1 is 1.30 bits per heavy atom. The van der Waals surface area contributed by atoms with E-state index >= 15 is 0 Å². The summed E-state index contributed by atoms with van der Waals surface area (Å²) >= 11 is 9.39.